The Morgan fingerprint density at radius 3 is 2.64 bits per heavy atom. The summed E-state index contributed by atoms with van der Waals surface area (Å²) >= 11 is 1.42. The lowest BCUT2D eigenvalue weighted by molar-refractivity contribution is -0.131. The third-order valence-corrected chi connectivity index (χ3v) is 6.27. The number of thiophene rings is 1. The molecule has 3 N–H and O–H groups in total. The fraction of sp³-hybridized carbons (Fsp3) is 0.450. The van der Waals surface area contributed by atoms with Crippen molar-refractivity contribution in [1.29, 1.82) is 0 Å². The van der Waals surface area contributed by atoms with Crippen LogP contribution in [-0.2, 0) is 9.59 Å². The molecule has 2 aromatic rings. The summed E-state index contributed by atoms with van der Waals surface area (Å²) in [6.45, 7) is 1.36. The molecular formula is C20H25N3O4S. The van der Waals surface area contributed by atoms with E-state index in [4.69, 9.17) is 5.21 Å². The molecule has 1 aliphatic heterocycles. The van der Waals surface area contributed by atoms with Crippen LogP contribution in [0.15, 0.2) is 30.3 Å². The van der Waals surface area contributed by atoms with Gasteiger partial charge in [0.2, 0.25) is 11.8 Å². The van der Waals surface area contributed by atoms with Crippen LogP contribution in [0.5, 0.6) is 0 Å². The smallest absolute Gasteiger partial charge is 0.261 e. The first-order valence-corrected chi connectivity index (χ1v) is 10.4. The first-order chi connectivity index (χ1) is 13.6. The van der Waals surface area contributed by atoms with Gasteiger partial charge in [-0.1, -0.05) is 18.2 Å². The van der Waals surface area contributed by atoms with Gasteiger partial charge in [0.15, 0.2) is 0 Å². The van der Waals surface area contributed by atoms with Crippen LogP contribution in [-0.4, -0.2) is 47.5 Å². The van der Waals surface area contributed by atoms with Gasteiger partial charge in [0.25, 0.3) is 5.91 Å². The molecular weight excluding hydrogens is 378 g/mol. The summed E-state index contributed by atoms with van der Waals surface area (Å²) in [7, 11) is 0. The lowest BCUT2D eigenvalue weighted by Gasteiger charge is -2.32. The quantitative estimate of drug-likeness (QED) is 0.489. The Balaban J connectivity index is 1.39. The van der Waals surface area contributed by atoms with E-state index in [9.17, 15) is 14.4 Å². The summed E-state index contributed by atoms with van der Waals surface area (Å²) in [5.41, 5.74) is 1.64. The highest BCUT2D eigenvalue weighted by Gasteiger charge is 2.23. The second-order valence-corrected chi connectivity index (χ2v) is 8.17. The van der Waals surface area contributed by atoms with Crippen LogP contribution in [0.25, 0.3) is 10.1 Å². The number of carbonyl (C=O) groups excluding carboxylic acids is 3. The summed E-state index contributed by atoms with van der Waals surface area (Å²) < 4.78 is 1.05. The van der Waals surface area contributed by atoms with Crippen LogP contribution in [0.2, 0.25) is 0 Å². The van der Waals surface area contributed by atoms with Gasteiger partial charge in [-0.15, -0.1) is 11.3 Å². The van der Waals surface area contributed by atoms with E-state index in [0.29, 0.717) is 30.3 Å². The topological polar surface area (TPSA) is 98.7 Å². The highest BCUT2D eigenvalue weighted by molar-refractivity contribution is 7.20. The average molecular weight is 404 g/mol. The highest BCUT2D eigenvalue weighted by Crippen LogP contribution is 2.25. The number of likely N-dealkylation sites (tertiary alicyclic amines) is 1. The van der Waals surface area contributed by atoms with Crippen molar-refractivity contribution in [1.82, 2.24) is 15.7 Å². The molecule has 8 heteroatoms. The number of nitrogens with one attached hydrogen (secondary N) is 2. The van der Waals surface area contributed by atoms with Crippen molar-refractivity contribution < 1.29 is 19.6 Å². The number of hydrogen-bond donors (Lipinski definition) is 3. The van der Waals surface area contributed by atoms with Crippen LogP contribution in [0.1, 0.15) is 41.8 Å². The molecule has 1 saturated heterocycles. The third kappa shape index (κ3) is 5.30. The van der Waals surface area contributed by atoms with Crippen LogP contribution < -0.4 is 10.8 Å². The van der Waals surface area contributed by atoms with Gasteiger partial charge in [0.05, 0.1) is 11.4 Å². The molecule has 0 spiro atoms. The maximum atomic E-state index is 12.4. The number of carbonyl (C=O) groups is 3. The van der Waals surface area contributed by atoms with Gasteiger partial charge in [0, 0.05) is 24.2 Å². The van der Waals surface area contributed by atoms with E-state index in [-0.39, 0.29) is 24.3 Å². The van der Waals surface area contributed by atoms with E-state index in [0.717, 1.165) is 35.8 Å². The Morgan fingerprint density at radius 1 is 1.18 bits per heavy atom. The molecule has 0 saturated carbocycles. The number of amides is 3. The number of piperidine rings is 1. The molecule has 0 aliphatic carbocycles. The fourth-order valence-corrected chi connectivity index (χ4v) is 4.51. The van der Waals surface area contributed by atoms with Crippen molar-refractivity contribution in [3.05, 3.63) is 35.2 Å². The molecule has 28 heavy (non-hydrogen) atoms. The zero-order valence-corrected chi connectivity index (χ0v) is 16.5. The molecule has 3 rings (SSSR count). The number of rotatable bonds is 7. The number of hydroxylamine groups is 1. The third-order valence-electron chi connectivity index (χ3n) is 5.16. The molecule has 0 atom stereocenters. The summed E-state index contributed by atoms with van der Waals surface area (Å²) in [5, 5.41) is 12.3. The van der Waals surface area contributed by atoms with Gasteiger partial charge in [0.1, 0.15) is 0 Å². The van der Waals surface area contributed by atoms with Gasteiger partial charge >= 0.3 is 0 Å². The average Bonchev–Trinajstić information content (AvgIpc) is 3.16. The number of nitrogens with zero attached hydrogens (tertiary/aromatic N) is 1. The van der Waals surface area contributed by atoms with Crippen LogP contribution in [0.3, 0.4) is 0 Å². The van der Waals surface area contributed by atoms with E-state index in [1.54, 1.807) is 10.4 Å². The van der Waals surface area contributed by atoms with Gasteiger partial charge in [-0.2, -0.15) is 0 Å². The molecule has 1 aromatic heterocycles. The molecule has 7 nitrogen and oxygen atoms in total. The van der Waals surface area contributed by atoms with Gasteiger partial charge in [-0.05, 0) is 49.1 Å². The molecule has 0 radical (unpaired) electrons. The lowest BCUT2D eigenvalue weighted by atomic mass is 9.91. The van der Waals surface area contributed by atoms with Crippen molar-refractivity contribution in [2.45, 2.75) is 32.1 Å². The lowest BCUT2D eigenvalue weighted by Crippen LogP contribution is -2.44. The van der Waals surface area contributed by atoms with E-state index in [1.165, 1.54) is 11.3 Å². The minimum Gasteiger partial charge on any atom is -0.342 e. The van der Waals surface area contributed by atoms with Crippen molar-refractivity contribution in [2.24, 2.45) is 5.92 Å². The Labute approximate surface area is 167 Å². The predicted molar refractivity (Wildman–Crippen MR) is 107 cm³/mol. The zero-order chi connectivity index (χ0) is 19.9. The first-order valence-electron chi connectivity index (χ1n) is 9.54. The minimum atomic E-state index is -0.359. The standard InChI is InChI=1S/C20H25N3O4S/c24-18(22-27)7-3-4-14-8-10-23(11-9-14)19(25)13-21-20(26)17-12-15-5-1-2-6-16(15)28-17/h1-2,5-6,12,14,27H,3-4,7-11,13H2,(H,21,26)(H,22,24). The monoisotopic (exact) mass is 403 g/mol. The van der Waals surface area contributed by atoms with E-state index in [1.807, 2.05) is 30.3 Å². The molecule has 1 aliphatic rings. The van der Waals surface area contributed by atoms with Crippen molar-refractivity contribution in [3.63, 3.8) is 0 Å². The number of fused-ring (bicyclic) bond motifs is 1. The predicted octanol–water partition coefficient (Wildman–Crippen LogP) is 2.55. The number of hydrogen-bond acceptors (Lipinski definition) is 5. The first kappa shape index (κ1) is 20.3. The fourth-order valence-electron chi connectivity index (χ4n) is 3.53. The summed E-state index contributed by atoms with van der Waals surface area (Å²) in [6, 6.07) is 9.67. The highest BCUT2D eigenvalue weighted by atomic mass is 32.1. The summed E-state index contributed by atoms with van der Waals surface area (Å²) in [6.07, 6.45) is 3.77. The number of benzene rings is 1. The molecule has 1 aromatic carbocycles. The normalized spacial score (nSPS) is 14.8. The molecule has 150 valence electrons. The Kier molecular flexibility index (Phi) is 7.00. The maximum Gasteiger partial charge on any atom is 0.261 e. The summed E-state index contributed by atoms with van der Waals surface area (Å²) in [4.78, 5) is 38.2. The summed E-state index contributed by atoms with van der Waals surface area (Å²) in [5.74, 6) is -0.148. The van der Waals surface area contributed by atoms with E-state index in [2.05, 4.69) is 5.32 Å². The van der Waals surface area contributed by atoms with E-state index >= 15 is 0 Å². The second kappa shape index (κ2) is 9.66. The van der Waals surface area contributed by atoms with Crippen molar-refractivity contribution in [3.8, 4) is 0 Å². The van der Waals surface area contributed by atoms with E-state index < -0.39 is 0 Å². The second-order valence-electron chi connectivity index (χ2n) is 7.08. The zero-order valence-electron chi connectivity index (χ0n) is 15.6. The van der Waals surface area contributed by atoms with Crippen molar-refractivity contribution >= 4 is 39.1 Å². The SMILES string of the molecule is O=C(CCCC1CCN(C(=O)CNC(=O)c2cc3ccccc3s2)CC1)NO. The van der Waals surface area contributed by atoms with Crippen LogP contribution in [0.4, 0.5) is 0 Å². The largest absolute Gasteiger partial charge is 0.342 e. The molecule has 0 bridgehead atoms. The van der Waals surface area contributed by atoms with Gasteiger partial charge < -0.3 is 10.2 Å². The molecule has 0 unspecified atom stereocenters. The Morgan fingerprint density at radius 2 is 1.93 bits per heavy atom. The van der Waals surface area contributed by atoms with Crippen molar-refractivity contribution in [2.75, 3.05) is 19.6 Å². The maximum absolute atomic E-state index is 12.4. The minimum absolute atomic E-state index is 0.00835. The van der Waals surface area contributed by atoms with Gasteiger partial charge in [-0.3, -0.25) is 19.6 Å². The Hall–Kier alpha value is -2.45. The van der Waals surface area contributed by atoms with Gasteiger partial charge in [-0.25, -0.2) is 5.48 Å². The molecule has 1 fully saturated rings. The molecule has 2 heterocycles. The molecule has 3 amide bonds. The Bertz CT molecular complexity index is 810. The van der Waals surface area contributed by atoms with Crippen LogP contribution >= 0.6 is 11.3 Å². The van der Waals surface area contributed by atoms with Crippen LogP contribution in [0, 0.1) is 5.92 Å².